The Hall–Kier alpha value is -2.01. The minimum atomic E-state index is 0.602. The van der Waals surface area contributed by atoms with Crippen molar-refractivity contribution in [3.63, 3.8) is 0 Å². The highest BCUT2D eigenvalue weighted by atomic mass is 16.6. The molecule has 0 saturated carbocycles. The monoisotopic (exact) mass is 259 g/mol. The van der Waals surface area contributed by atoms with E-state index in [1.54, 1.807) is 0 Å². The molecule has 0 saturated heterocycles. The normalized spacial score (nSPS) is 13.5. The number of H-pyrrole nitrogens is 1. The standard InChI is InChI=1S/C14H17N3O2/c1-15-5-4-11-9-12(17-16-11)10-2-3-13-14(8-10)19-7-6-18-13/h2-3,8-9,15H,4-7H2,1H3,(H,16,17). The van der Waals surface area contributed by atoms with Crippen LogP contribution in [0.5, 0.6) is 11.5 Å². The Bertz CT molecular complexity index is 566. The summed E-state index contributed by atoms with van der Waals surface area (Å²) in [5.74, 6) is 1.60. The maximum atomic E-state index is 5.58. The number of nitrogens with one attached hydrogen (secondary N) is 2. The van der Waals surface area contributed by atoms with E-state index in [1.807, 2.05) is 25.2 Å². The molecule has 0 aliphatic carbocycles. The summed E-state index contributed by atoms with van der Waals surface area (Å²) < 4.78 is 11.1. The Kier molecular flexibility index (Phi) is 3.37. The minimum Gasteiger partial charge on any atom is -0.486 e. The molecule has 2 aromatic rings. The van der Waals surface area contributed by atoms with Crippen LogP contribution in [0.15, 0.2) is 24.3 Å². The Morgan fingerprint density at radius 1 is 1.21 bits per heavy atom. The summed E-state index contributed by atoms with van der Waals surface area (Å²) in [5, 5.41) is 10.5. The van der Waals surface area contributed by atoms with Crippen molar-refractivity contribution in [1.82, 2.24) is 15.5 Å². The molecule has 5 heteroatoms. The number of nitrogens with zero attached hydrogens (tertiary/aromatic N) is 1. The fraction of sp³-hybridized carbons (Fsp3) is 0.357. The molecule has 1 aromatic heterocycles. The van der Waals surface area contributed by atoms with Crippen LogP contribution in [-0.2, 0) is 6.42 Å². The number of fused-ring (bicyclic) bond motifs is 1. The van der Waals surface area contributed by atoms with Gasteiger partial charge in [-0.25, -0.2) is 0 Å². The van der Waals surface area contributed by atoms with E-state index in [-0.39, 0.29) is 0 Å². The highest BCUT2D eigenvalue weighted by Crippen LogP contribution is 2.33. The number of hydrogen-bond acceptors (Lipinski definition) is 4. The van der Waals surface area contributed by atoms with Crippen LogP contribution in [0, 0.1) is 0 Å². The Labute approximate surface area is 111 Å². The van der Waals surface area contributed by atoms with E-state index >= 15 is 0 Å². The van der Waals surface area contributed by atoms with Crippen molar-refractivity contribution in [2.24, 2.45) is 0 Å². The lowest BCUT2D eigenvalue weighted by Gasteiger charge is -2.18. The lowest BCUT2D eigenvalue weighted by atomic mass is 10.1. The first-order valence-electron chi connectivity index (χ1n) is 6.46. The van der Waals surface area contributed by atoms with Gasteiger partial charge in [-0.1, -0.05) is 0 Å². The smallest absolute Gasteiger partial charge is 0.162 e. The topological polar surface area (TPSA) is 59.2 Å². The number of benzene rings is 1. The number of aromatic amines is 1. The van der Waals surface area contributed by atoms with Gasteiger partial charge in [-0.3, -0.25) is 5.10 Å². The highest BCUT2D eigenvalue weighted by molar-refractivity contribution is 5.64. The van der Waals surface area contributed by atoms with Crippen LogP contribution in [0.25, 0.3) is 11.3 Å². The van der Waals surface area contributed by atoms with Gasteiger partial charge in [0.15, 0.2) is 11.5 Å². The molecule has 1 aliphatic heterocycles. The minimum absolute atomic E-state index is 0.602. The van der Waals surface area contributed by atoms with Crippen LogP contribution in [0.3, 0.4) is 0 Å². The van der Waals surface area contributed by atoms with Crippen molar-refractivity contribution in [2.75, 3.05) is 26.8 Å². The molecule has 19 heavy (non-hydrogen) atoms. The molecule has 5 nitrogen and oxygen atoms in total. The average Bonchev–Trinajstić information content (AvgIpc) is 2.93. The van der Waals surface area contributed by atoms with Crippen LogP contribution in [0.1, 0.15) is 5.69 Å². The fourth-order valence-electron chi connectivity index (χ4n) is 2.10. The van der Waals surface area contributed by atoms with Gasteiger partial charge in [0.25, 0.3) is 0 Å². The van der Waals surface area contributed by atoms with E-state index in [9.17, 15) is 0 Å². The zero-order valence-corrected chi connectivity index (χ0v) is 10.9. The van der Waals surface area contributed by atoms with Crippen molar-refractivity contribution in [1.29, 1.82) is 0 Å². The van der Waals surface area contributed by atoms with Gasteiger partial charge >= 0.3 is 0 Å². The van der Waals surface area contributed by atoms with E-state index < -0.39 is 0 Å². The molecule has 0 bridgehead atoms. The number of hydrogen-bond donors (Lipinski definition) is 2. The van der Waals surface area contributed by atoms with E-state index in [0.717, 1.165) is 41.4 Å². The van der Waals surface area contributed by atoms with E-state index in [1.165, 1.54) is 0 Å². The molecule has 0 amide bonds. The predicted molar refractivity (Wildman–Crippen MR) is 72.6 cm³/mol. The summed E-state index contributed by atoms with van der Waals surface area (Å²) in [5.41, 5.74) is 3.10. The Balaban J connectivity index is 1.83. The maximum Gasteiger partial charge on any atom is 0.162 e. The summed E-state index contributed by atoms with van der Waals surface area (Å²) in [6, 6.07) is 7.99. The number of likely N-dealkylation sites (N-methyl/N-ethyl adjacent to an activating group) is 1. The van der Waals surface area contributed by atoms with Gasteiger partial charge in [0, 0.05) is 24.2 Å². The summed E-state index contributed by atoms with van der Waals surface area (Å²) in [6.07, 6.45) is 0.939. The van der Waals surface area contributed by atoms with Crippen LogP contribution in [-0.4, -0.2) is 37.0 Å². The van der Waals surface area contributed by atoms with Crippen molar-refractivity contribution in [2.45, 2.75) is 6.42 Å². The SMILES string of the molecule is CNCCc1cc(-c2ccc3c(c2)OCCO3)n[nH]1. The second-order valence-electron chi connectivity index (χ2n) is 4.49. The molecule has 0 fully saturated rings. The van der Waals surface area contributed by atoms with Gasteiger partial charge < -0.3 is 14.8 Å². The van der Waals surface area contributed by atoms with Crippen molar-refractivity contribution >= 4 is 0 Å². The Morgan fingerprint density at radius 2 is 2.05 bits per heavy atom. The Morgan fingerprint density at radius 3 is 2.89 bits per heavy atom. The van der Waals surface area contributed by atoms with Crippen LogP contribution in [0.2, 0.25) is 0 Å². The molecule has 0 spiro atoms. The molecular formula is C14H17N3O2. The summed E-state index contributed by atoms with van der Waals surface area (Å²) in [4.78, 5) is 0. The first-order valence-corrected chi connectivity index (χ1v) is 6.46. The second-order valence-corrected chi connectivity index (χ2v) is 4.49. The zero-order valence-electron chi connectivity index (χ0n) is 10.9. The predicted octanol–water partition coefficient (Wildman–Crippen LogP) is 1.61. The zero-order chi connectivity index (χ0) is 13.1. The average molecular weight is 259 g/mol. The molecule has 2 heterocycles. The highest BCUT2D eigenvalue weighted by Gasteiger charge is 2.13. The first-order chi connectivity index (χ1) is 9.36. The molecule has 100 valence electrons. The number of rotatable bonds is 4. The molecule has 1 aliphatic rings. The first kappa shape index (κ1) is 12.0. The van der Waals surface area contributed by atoms with Gasteiger partial charge in [-0.15, -0.1) is 0 Å². The van der Waals surface area contributed by atoms with Crippen LogP contribution in [0.4, 0.5) is 0 Å². The molecule has 0 atom stereocenters. The molecule has 0 unspecified atom stereocenters. The number of ether oxygens (including phenoxy) is 2. The number of aromatic nitrogens is 2. The molecule has 3 rings (SSSR count). The quantitative estimate of drug-likeness (QED) is 0.875. The van der Waals surface area contributed by atoms with Gasteiger partial charge in [0.2, 0.25) is 0 Å². The molecule has 2 N–H and O–H groups in total. The van der Waals surface area contributed by atoms with Crippen molar-refractivity contribution in [3.05, 3.63) is 30.0 Å². The molecular weight excluding hydrogens is 242 g/mol. The van der Waals surface area contributed by atoms with Gasteiger partial charge in [0.05, 0.1) is 5.69 Å². The van der Waals surface area contributed by atoms with Crippen molar-refractivity contribution < 1.29 is 9.47 Å². The molecule has 1 aromatic carbocycles. The third-order valence-corrected chi connectivity index (χ3v) is 3.11. The van der Waals surface area contributed by atoms with Crippen molar-refractivity contribution in [3.8, 4) is 22.8 Å². The largest absolute Gasteiger partial charge is 0.486 e. The summed E-state index contributed by atoms with van der Waals surface area (Å²) >= 11 is 0. The van der Waals surface area contributed by atoms with E-state index in [0.29, 0.717) is 13.2 Å². The van der Waals surface area contributed by atoms with E-state index in [4.69, 9.17) is 9.47 Å². The van der Waals surface area contributed by atoms with Gasteiger partial charge in [0.1, 0.15) is 13.2 Å². The van der Waals surface area contributed by atoms with Gasteiger partial charge in [-0.2, -0.15) is 5.10 Å². The summed E-state index contributed by atoms with van der Waals surface area (Å²) in [7, 11) is 1.94. The fourth-order valence-corrected chi connectivity index (χ4v) is 2.10. The third kappa shape index (κ3) is 2.56. The second kappa shape index (κ2) is 5.32. The van der Waals surface area contributed by atoms with E-state index in [2.05, 4.69) is 21.6 Å². The summed E-state index contributed by atoms with van der Waals surface area (Å²) in [6.45, 7) is 2.15. The molecule has 0 radical (unpaired) electrons. The van der Waals surface area contributed by atoms with Crippen LogP contribution < -0.4 is 14.8 Å². The lowest BCUT2D eigenvalue weighted by Crippen LogP contribution is -2.15. The third-order valence-electron chi connectivity index (χ3n) is 3.11. The maximum absolute atomic E-state index is 5.58. The van der Waals surface area contributed by atoms with Gasteiger partial charge in [-0.05, 0) is 31.3 Å². The lowest BCUT2D eigenvalue weighted by molar-refractivity contribution is 0.171. The van der Waals surface area contributed by atoms with Crippen LogP contribution >= 0.6 is 0 Å².